The van der Waals surface area contributed by atoms with Crippen LogP contribution in [0.15, 0.2) is 40.6 Å². The number of nitrogens with zero attached hydrogens (tertiary/aromatic N) is 3. The Bertz CT molecular complexity index is 1060. The zero-order valence-corrected chi connectivity index (χ0v) is 17.2. The molecule has 1 aliphatic rings. The van der Waals surface area contributed by atoms with Crippen molar-refractivity contribution in [2.75, 3.05) is 5.75 Å². The zero-order chi connectivity index (χ0) is 19.7. The minimum absolute atomic E-state index is 0.0549. The van der Waals surface area contributed by atoms with Crippen molar-refractivity contribution in [3.05, 3.63) is 68.3 Å². The Hall–Kier alpha value is -1.90. The van der Waals surface area contributed by atoms with Gasteiger partial charge in [-0.1, -0.05) is 17.7 Å². The van der Waals surface area contributed by atoms with E-state index >= 15 is 0 Å². The molecule has 0 bridgehead atoms. The summed E-state index contributed by atoms with van der Waals surface area (Å²) < 4.78 is 15.6. The Labute approximate surface area is 174 Å². The molecule has 1 amide bonds. The minimum Gasteiger partial charge on any atom is -0.335 e. The van der Waals surface area contributed by atoms with Crippen LogP contribution in [0.25, 0.3) is 4.96 Å². The first-order valence-electron chi connectivity index (χ1n) is 8.79. The molecule has 1 fully saturated rings. The van der Waals surface area contributed by atoms with Gasteiger partial charge in [0.2, 0.25) is 5.91 Å². The molecular formula is C19H17ClFN3O2S2. The fourth-order valence-electron chi connectivity index (χ4n) is 2.95. The van der Waals surface area contributed by atoms with Crippen LogP contribution in [0.2, 0.25) is 5.02 Å². The summed E-state index contributed by atoms with van der Waals surface area (Å²) in [7, 11) is 0. The highest BCUT2D eigenvalue weighted by molar-refractivity contribution is 7.99. The summed E-state index contributed by atoms with van der Waals surface area (Å²) in [5.41, 5.74) is 0.884. The number of fused-ring (bicyclic) bond motifs is 1. The molecule has 0 aliphatic heterocycles. The molecule has 2 aromatic heterocycles. The largest absolute Gasteiger partial charge is 0.335 e. The number of hydrogen-bond donors (Lipinski definition) is 0. The van der Waals surface area contributed by atoms with Gasteiger partial charge in [0.25, 0.3) is 5.56 Å². The van der Waals surface area contributed by atoms with Crippen LogP contribution < -0.4 is 5.56 Å². The average Bonchev–Trinajstić information content (AvgIpc) is 3.38. The maximum atomic E-state index is 14.1. The van der Waals surface area contributed by atoms with Crippen LogP contribution in [-0.2, 0) is 17.1 Å². The topological polar surface area (TPSA) is 54.7 Å². The fraction of sp³-hybridized carbons (Fsp3) is 0.316. The van der Waals surface area contributed by atoms with Crippen molar-refractivity contribution < 1.29 is 9.18 Å². The van der Waals surface area contributed by atoms with E-state index in [1.54, 1.807) is 23.2 Å². The fourth-order valence-corrected chi connectivity index (χ4v) is 4.71. The van der Waals surface area contributed by atoms with E-state index in [-0.39, 0.29) is 29.8 Å². The highest BCUT2D eigenvalue weighted by Crippen LogP contribution is 2.31. The molecule has 1 saturated carbocycles. The lowest BCUT2D eigenvalue weighted by Gasteiger charge is -2.23. The predicted octanol–water partition coefficient (Wildman–Crippen LogP) is 3.97. The van der Waals surface area contributed by atoms with Gasteiger partial charge in [-0.3, -0.25) is 14.0 Å². The highest BCUT2D eigenvalue weighted by atomic mass is 35.5. The summed E-state index contributed by atoms with van der Waals surface area (Å²) in [6, 6.07) is 6.19. The normalized spacial score (nSPS) is 13.8. The summed E-state index contributed by atoms with van der Waals surface area (Å²) >= 11 is 8.92. The minimum atomic E-state index is -0.396. The summed E-state index contributed by atoms with van der Waals surface area (Å²) in [6.07, 6.45) is 3.54. The maximum absolute atomic E-state index is 14.1. The van der Waals surface area contributed by atoms with Gasteiger partial charge in [0.1, 0.15) is 5.82 Å². The lowest BCUT2D eigenvalue weighted by molar-refractivity contribution is -0.129. The number of hydrogen-bond acceptors (Lipinski definition) is 5. The van der Waals surface area contributed by atoms with Crippen LogP contribution in [-0.4, -0.2) is 32.0 Å². The smallest absolute Gasteiger partial charge is 0.258 e. The Balaban J connectivity index is 1.40. The van der Waals surface area contributed by atoms with Gasteiger partial charge >= 0.3 is 0 Å². The predicted molar refractivity (Wildman–Crippen MR) is 110 cm³/mol. The molecule has 5 nitrogen and oxygen atoms in total. The zero-order valence-electron chi connectivity index (χ0n) is 14.8. The first-order valence-corrected chi connectivity index (χ1v) is 11.2. The molecular weight excluding hydrogens is 421 g/mol. The quantitative estimate of drug-likeness (QED) is 0.561. The van der Waals surface area contributed by atoms with E-state index in [2.05, 4.69) is 4.98 Å². The van der Waals surface area contributed by atoms with Gasteiger partial charge in [-0.05, 0) is 25.0 Å². The maximum Gasteiger partial charge on any atom is 0.258 e. The van der Waals surface area contributed by atoms with Crippen molar-refractivity contribution >= 4 is 45.6 Å². The molecule has 146 valence electrons. The molecule has 0 N–H and O–H groups in total. The molecule has 1 aromatic carbocycles. The molecule has 0 spiro atoms. The molecule has 0 saturated heterocycles. The van der Waals surface area contributed by atoms with Crippen LogP contribution in [0.3, 0.4) is 0 Å². The first kappa shape index (κ1) is 19.4. The average molecular weight is 438 g/mol. The molecule has 3 aromatic rings. The number of amides is 1. The van der Waals surface area contributed by atoms with Crippen molar-refractivity contribution in [2.24, 2.45) is 0 Å². The lowest BCUT2D eigenvalue weighted by atomic mass is 10.2. The molecule has 28 heavy (non-hydrogen) atoms. The third-order valence-corrected chi connectivity index (χ3v) is 6.59. The molecule has 0 unspecified atom stereocenters. The molecule has 0 atom stereocenters. The van der Waals surface area contributed by atoms with E-state index < -0.39 is 5.82 Å². The number of halogens is 2. The van der Waals surface area contributed by atoms with Crippen molar-refractivity contribution in [2.45, 2.75) is 31.2 Å². The second-order valence-electron chi connectivity index (χ2n) is 6.59. The number of benzene rings is 1. The second kappa shape index (κ2) is 8.23. The van der Waals surface area contributed by atoms with Crippen molar-refractivity contribution in [1.82, 2.24) is 14.3 Å². The summed E-state index contributed by atoms with van der Waals surface area (Å²) in [5.74, 6) is 0.260. The van der Waals surface area contributed by atoms with Crippen LogP contribution in [0, 0.1) is 5.82 Å². The van der Waals surface area contributed by atoms with Crippen LogP contribution in [0.4, 0.5) is 4.39 Å². The van der Waals surface area contributed by atoms with Gasteiger partial charge in [0.15, 0.2) is 4.96 Å². The Morgan fingerprint density at radius 1 is 1.43 bits per heavy atom. The number of thioether (sulfide) groups is 1. The molecule has 0 radical (unpaired) electrons. The van der Waals surface area contributed by atoms with E-state index in [1.807, 2.05) is 5.38 Å². The third kappa shape index (κ3) is 4.24. The molecule has 1 aliphatic carbocycles. The lowest BCUT2D eigenvalue weighted by Crippen LogP contribution is -2.34. The van der Waals surface area contributed by atoms with Gasteiger partial charge in [-0.2, -0.15) is 0 Å². The van der Waals surface area contributed by atoms with Gasteiger partial charge < -0.3 is 4.90 Å². The van der Waals surface area contributed by atoms with Crippen molar-refractivity contribution in [3.8, 4) is 0 Å². The van der Waals surface area contributed by atoms with E-state index in [0.29, 0.717) is 27.0 Å². The van der Waals surface area contributed by atoms with Crippen LogP contribution in [0.5, 0.6) is 0 Å². The SMILES string of the molecule is O=C(CSCc1cc(=O)n2ccsc2n1)N(Cc1c(F)cccc1Cl)C1CC1. The standard InChI is InChI=1S/C19H17ClFN3O2S2/c20-15-2-1-3-16(21)14(15)9-24(13-4-5-13)18(26)11-27-10-12-8-17(25)23-6-7-28-19(23)22-12/h1-3,6-8,13H,4-5,9-11H2. The van der Waals surface area contributed by atoms with Crippen LogP contribution >= 0.6 is 34.7 Å². The molecule has 2 heterocycles. The molecule has 4 rings (SSSR count). The number of aromatic nitrogens is 2. The third-order valence-electron chi connectivity index (χ3n) is 4.53. The van der Waals surface area contributed by atoms with E-state index in [9.17, 15) is 14.0 Å². The van der Waals surface area contributed by atoms with Gasteiger partial charge in [0, 0.05) is 40.0 Å². The number of thiazole rings is 1. The number of carbonyl (C=O) groups excluding carboxylic acids is 1. The van der Waals surface area contributed by atoms with Gasteiger partial charge in [-0.25, -0.2) is 9.37 Å². The van der Waals surface area contributed by atoms with E-state index in [0.717, 1.165) is 12.8 Å². The number of carbonyl (C=O) groups is 1. The Morgan fingerprint density at radius 2 is 2.25 bits per heavy atom. The van der Waals surface area contributed by atoms with Gasteiger partial charge in [0.05, 0.1) is 18.0 Å². The summed E-state index contributed by atoms with van der Waals surface area (Å²) in [5, 5.41) is 2.14. The van der Waals surface area contributed by atoms with E-state index in [1.165, 1.54) is 39.6 Å². The summed E-state index contributed by atoms with van der Waals surface area (Å²) in [4.78, 5) is 31.6. The van der Waals surface area contributed by atoms with Crippen molar-refractivity contribution in [3.63, 3.8) is 0 Å². The van der Waals surface area contributed by atoms with E-state index in [4.69, 9.17) is 11.6 Å². The Kier molecular flexibility index (Phi) is 5.70. The Morgan fingerprint density at radius 3 is 3.00 bits per heavy atom. The van der Waals surface area contributed by atoms with Gasteiger partial charge in [-0.15, -0.1) is 23.1 Å². The highest BCUT2D eigenvalue weighted by Gasteiger charge is 2.33. The second-order valence-corrected chi connectivity index (χ2v) is 8.85. The van der Waals surface area contributed by atoms with Crippen LogP contribution in [0.1, 0.15) is 24.1 Å². The molecule has 9 heteroatoms. The first-order chi connectivity index (χ1) is 13.5. The van der Waals surface area contributed by atoms with Crippen molar-refractivity contribution in [1.29, 1.82) is 0 Å². The monoisotopic (exact) mass is 437 g/mol. The number of rotatable bonds is 7. The summed E-state index contributed by atoms with van der Waals surface area (Å²) in [6.45, 7) is 0.177.